The van der Waals surface area contributed by atoms with E-state index in [4.69, 9.17) is 9.72 Å². The first kappa shape index (κ1) is 19.6. The lowest BCUT2D eigenvalue weighted by Gasteiger charge is -2.24. The van der Waals surface area contributed by atoms with Gasteiger partial charge in [-0.25, -0.2) is 4.79 Å². The SMILES string of the molecule is CC1CCc2nc3ccccc3c(C(=O)OCC(=O)Nc3cccc(Br)c3)c2C1. The molecule has 4 rings (SSSR count). The highest BCUT2D eigenvalue weighted by molar-refractivity contribution is 9.10. The maximum Gasteiger partial charge on any atom is 0.339 e. The summed E-state index contributed by atoms with van der Waals surface area (Å²) in [5.74, 6) is -0.368. The van der Waals surface area contributed by atoms with E-state index in [9.17, 15) is 9.59 Å². The van der Waals surface area contributed by atoms with Gasteiger partial charge in [0.25, 0.3) is 5.91 Å². The summed E-state index contributed by atoms with van der Waals surface area (Å²) in [6.45, 7) is 1.84. The lowest BCUT2D eigenvalue weighted by atomic mass is 9.84. The number of esters is 1. The van der Waals surface area contributed by atoms with Crippen molar-refractivity contribution < 1.29 is 14.3 Å². The maximum absolute atomic E-state index is 13.0. The molecule has 0 radical (unpaired) electrons. The smallest absolute Gasteiger partial charge is 0.339 e. The van der Waals surface area contributed by atoms with Crippen LogP contribution < -0.4 is 5.32 Å². The molecule has 0 saturated heterocycles. The standard InChI is InChI=1S/C23H21BrN2O3/c1-14-9-10-20-18(11-14)22(17-7-2-3-8-19(17)26-20)23(28)29-13-21(27)25-16-6-4-5-15(24)12-16/h2-8,12,14H,9-11,13H2,1H3,(H,25,27). The molecule has 1 aliphatic carbocycles. The predicted molar refractivity (Wildman–Crippen MR) is 116 cm³/mol. The highest BCUT2D eigenvalue weighted by Gasteiger charge is 2.26. The number of amides is 1. The number of carbonyl (C=O) groups is 2. The number of halogens is 1. The molecule has 1 N–H and O–H groups in total. The lowest BCUT2D eigenvalue weighted by Crippen LogP contribution is -2.23. The number of para-hydroxylation sites is 1. The van der Waals surface area contributed by atoms with Crippen LogP contribution in [0.1, 0.15) is 35.0 Å². The molecule has 0 fully saturated rings. The minimum absolute atomic E-state index is 0.341. The first-order chi connectivity index (χ1) is 14.0. The second kappa shape index (κ2) is 8.33. The number of hydrogen-bond acceptors (Lipinski definition) is 4. The second-order valence-electron chi connectivity index (χ2n) is 7.41. The first-order valence-corrected chi connectivity index (χ1v) is 10.4. The number of pyridine rings is 1. The molecule has 6 heteroatoms. The Labute approximate surface area is 177 Å². The summed E-state index contributed by atoms with van der Waals surface area (Å²) >= 11 is 3.36. The van der Waals surface area contributed by atoms with Crippen molar-refractivity contribution in [3.8, 4) is 0 Å². The van der Waals surface area contributed by atoms with Gasteiger partial charge in [0.05, 0.1) is 11.1 Å². The van der Waals surface area contributed by atoms with Crippen LogP contribution in [0, 0.1) is 5.92 Å². The van der Waals surface area contributed by atoms with Gasteiger partial charge in [0.1, 0.15) is 0 Å². The summed E-state index contributed by atoms with van der Waals surface area (Å²) in [7, 11) is 0. The third-order valence-corrected chi connectivity index (χ3v) is 5.65. The summed E-state index contributed by atoms with van der Waals surface area (Å²) in [4.78, 5) is 30.0. The minimum atomic E-state index is -0.474. The van der Waals surface area contributed by atoms with E-state index in [-0.39, 0.29) is 12.5 Å². The number of aromatic nitrogens is 1. The molecule has 1 unspecified atom stereocenters. The van der Waals surface area contributed by atoms with E-state index in [0.717, 1.165) is 45.9 Å². The number of ether oxygens (including phenoxy) is 1. The van der Waals surface area contributed by atoms with E-state index in [1.807, 2.05) is 36.4 Å². The van der Waals surface area contributed by atoms with E-state index in [0.29, 0.717) is 17.2 Å². The number of nitrogens with one attached hydrogen (secondary N) is 1. The number of benzene rings is 2. The molecule has 1 atom stereocenters. The third-order valence-electron chi connectivity index (χ3n) is 5.15. The van der Waals surface area contributed by atoms with Crippen molar-refractivity contribution in [2.24, 2.45) is 5.92 Å². The zero-order valence-electron chi connectivity index (χ0n) is 16.1. The summed E-state index contributed by atoms with van der Waals surface area (Å²) in [6.07, 6.45) is 2.70. The van der Waals surface area contributed by atoms with Gasteiger partial charge >= 0.3 is 5.97 Å². The summed E-state index contributed by atoms with van der Waals surface area (Å²) in [6, 6.07) is 14.8. The lowest BCUT2D eigenvalue weighted by molar-refractivity contribution is -0.119. The fourth-order valence-electron chi connectivity index (χ4n) is 3.76. The Kier molecular flexibility index (Phi) is 5.62. The predicted octanol–water partition coefficient (Wildman–Crippen LogP) is 4.92. The topological polar surface area (TPSA) is 68.3 Å². The molecule has 0 aliphatic heterocycles. The molecule has 1 amide bonds. The van der Waals surface area contributed by atoms with Gasteiger partial charge in [-0.15, -0.1) is 0 Å². The van der Waals surface area contributed by atoms with E-state index in [1.54, 1.807) is 12.1 Å². The Hall–Kier alpha value is -2.73. The van der Waals surface area contributed by atoms with Crippen LogP contribution in [0.3, 0.4) is 0 Å². The van der Waals surface area contributed by atoms with Crippen LogP contribution in [-0.4, -0.2) is 23.5 Å². The zero-order chi connectivity index (χ0) is 20.4. The molecule has 148 valence electrons. The molecule has 1 aliphatic rings. The van der Waals surface area contributed by atoms with Gasteiger partial charge in [-0.1, -0.05) is 47.1 Å². The van der Waals surface area contributed by atoms with Crippen molar-refractivity contribution in [3.05, 3.63) is 69.8 Å². The van der Waals surface area contributed by atoms with Crippen LogP contribution in [0.2, 0.25) is 0 Å². The van der Waals surface area contributed by atoms with Gasteiger partial charge < -0.3 is 10.1 Å². The summed E-state index contributed by atoms with van der Waals surface area (Å²) in [5.41, 5.74) is 3.90. The number of nitrogens with zero attached hydrogens (tertiary/aromatic N) is 1. The van der Waals surface area contributed by atoms with Crippen LogP contribution >= 0.6 is 15.9 Å². The van der Waals surface area contributed by atoms with Gasteiger partial charge in [0, 0.05) is 21.2 Å². The molecule has 5 nitrogen and oxygen atoms in total. The van der Waals surface area contributed by atoms with Crippen LogP contribution in [0.4, 0.5) is 5.69 Å². The van der Waals surface area contributed by atoms with Crippen molar-refractivity contribution in [1.29, 1.82) is 0 Å². The molecule has 1 heterocycles. The number of anilines is 1. The third kappa shape index (κ3) is 4.32. The average Bonchev–Trinajstić information content (AvgIpc) is 2.70. The fraction of sp³-hybridized carbons (Fsp3) is 0.261. The van der Waals surface area contributed by atoms with Crippen molar-refractivity contribution >= 4 is 44.4 Å². The van der Waals surface area contributed by atoms with E-state index < -0.39 is 5.97 Å². The van der Waals surface area contributed by atoms with E-state index in [1.165, 1.54) is 0 Å². The monoisotopic (exact) mass is 452 g/mol. The van der Waals surface area contributed by atoms with Crippen LogP contribution in [-0.2, 0) is 22.4 Å². The highest BCUT2D eigenvalue weighted by atomic mass is 79.9. The van der Waals surface area contributed by atoms with Crippen LogP contribution in [0.15, 0.2) is 53.0 Å². The molecule has 2 aromatic carbocycles. The van der Waals surface area contributed by atoms with Gasteiger partial charge in [0.2, 0.25) is 0 Å². The Morgan fingerprint density at radius 3 is 2.86 bits per heavy atom. The molecule has 29 heavy (non-hydrogen) atoms. The van der Waals surface area contributed by atoms with Crippen LogP contribution in [0.25, 0.3) is 10.9 Å². The van der Waals surface area contributed by atoms with Crippen LogP contribution in [0.5, 0.6) is 0 Å². The largest absolute Gasteiger partial charge is 0.452 e. The summed E-state index contributed by atoms with van der Waals surface area (Å²) < 4.78 is 6.27. The Morgan fingerprint density at radius 1 is 1.21 bits per heavy atom. The van der Waals surface area contributed by atoms with Gasteiger partial charge in [-0.2, -0.15) is 0 Å². The van der Waals surface area contributed by atoms with Gasteiger partial charge in [0.15, 0.2) is 6.61 Å². The number of rotatable bonds is 4. The number of hydrogen-bond donors (Lipinski definition) is 1. The molecule has 0 spiro atoms. The maximum atomic E-state index is 13.0. The molecular weight excluding hydrogens is 432 g/mol. The van der Waals surface area contributed by atoms with Gasteiger partial charge in [-0.3, -0.25) is 9.78 Å². The van der Waals surface area contributed by atoms with E-state index in [2.05, 4.69) is 28.2 Å². The molecule has 1 aromatic heterocycles. The fourth-order valence-corrected chi connectivity index (χ4v) is 4.16. The second-order valence-corrected chi connectivity index (χ2v) is 8.33. The Balaban J connectivity index is 1.56. The Morgan fingerprint density at radius 2 is 2.03 bits per heavy atom. The summed E-state index contributed by atoms with van der Waals surface area (Å²) in [5, 5.41) is 3.51. The molecule has 0 bridgehead atoms. The first-order valence-electron chi connectivity index (χ1n) is 9.64. The van der Waals surface area contributed by atoms with Gasteiger partial charge in [-0.05, 0) is 55.0 Å². The normalized spacial score (nSPS) is 15.6. The average molecular weight is 453 g/mol. The minimum Gasteiger partial charge on any atom is -0.452 e. The van der Waals surface area contributed by atoms with Crippen molar-refractivity contribution in [3.63, 3.8) is 0 Å². The highest BCUT2D eigenvalue weighted by Crippen LogP contribution is 2.32. The number of aryl methyl sites for hydroxylation is 1. The zero-order valence-corrected chi connectivity index (χ0v) is 17.7. The van der Waals surface area contributed by atoms with Crippen molar-refractivity contribution in [1.82, 2.24) is 4.98 Å². The quantitative estimate of drug-likeness (QED) is 0.570. The van der Waals surface area contributed by atoms with Crippen molar-refractivity contribution in [2.75, 3.05) is 11.9 Å². The molecule has 3 aromatic rings. The number of carbonyl (C=O) groups excluding carboxylic acids is 2. The van der Waals surface area contributed by atoms with E-state index >= 15 is 0 Å². The number of fused-ring (bicyclic) bond motifs is 2. The Bertz CT molecular complexity index is 1100. The molecule has 0 saturated carbocycles. The van der Waals surface area contributed by atoms with Crippen molar-refractivity contribution in [2.45, 2.75) is 26.2 Å². The molecular formula is C23H21BrN2O3.